The summed E-state index contributed by atoms with van der Waals surface area (Å²) in [5.41, 5.74) is -2.62. The van der Waals surface area contributed by atoms with E-state index in [1.54, 1.807) is 0 Å². The van der Waals surface area contributed by atoms with E-state index in [-0.39, 0.29) is 0 Å². The molecule has 0 aliphatic carbocycles. The number of hydrogen-bond acceptors (Lipinski definition) is 3. The second kappa shape index (κ2) is 4.65. The van der Waals surface area contributed by atoms with E-state index < -0.39 is 48.1 Å². The fourth-order valence-electron chi connectivity index (χ4n) is 1.08. The predicted octanol–water partition coefficient (Wildman–Crippen LogP) is 1.61. The van der Waals surface area contributed by atoms with Crippen LogP contribution in [0, 0.1) is 23.3 Å². The summed E-state index contributed by atoms with van der Waals surface area (Å²) < 4.78 is 91.6. The molecule has 0 bridgehead atoms. The fourth-order valence-corrected chi connectivity index (χ4v) is 1.08. The normalized spacial score (nSPS) is 11.6. The molecule has 0 saturated heterocycles. The second-order valence-corrected chi connectivity index (χ2v) is 2.90. The zero-order valence-electron chi connectivity index (χ0n) is 8.03. The maximum atomic E-state index is 13.0. The molecular formula is C7H2BF7O3. The van der Waals surface area contributed by atoms with Crippen LogP contribution < -0.4 is 4.65 Å². The third kappa shape index (κ3) is 2.51. The van der Waals surface area contributed by atoms with Crippen molar-refractivity contribution in [3.05, 3.63) is 28.8 Å². The SMILES string of the molecule is OB(O)Oc1c(F)c(F)c(F)c(F)c1C(F)(F)F. The molecule has 3 nitrogen and oxygen atoms in total. The minimum Gasteiger partial charge on any atom is -0.509 e. The third-order valence-corrected chi connectivity index (χ3v) is 1.73. The van der Waals surface area contributed by atoms with Gasteiger partial charge in [0.2, 0.25) is 11.6 Å². The molecule has 0 aromatic heterocycles. The lowest BCUT2D eigenvalue weighted by atomic mass is 10.1. The lowest BCUT2D eigenvalue weighted by molar-refractivity contribution is -0.141. The van der Waals surface area contributed by atoms with Crippen LogP contribution in [0.2, 0.25) is 0 Å². The smallest absolute Gasteiger partial charge is 0.509 e. The topological polar surface area (TPSA) is 49.7 Å². The van der Waals surface area contributed by atoms with Crippen molar-refractivity contribution < 1.29 is 45.4 Å². The van der Waals surface area contributed by atoms with Crippen molar-refractivity contribution in [3.8, 4) is 5.75 Å². The Hall–Kier alpha value is -1.49. The highest BCUT2D eigenvalue weighted by Gasteiger charge is 2.43. The minimum atomic E-state index is -5.64. The van der Waals surface area contributed by atoms with Gasteiger partial charge in [-0.25, -0.2) is 13.2 Å². The Labute approximate surface area is 94.6 Å². The van der Waals surface area contributed by atoms with Crippen LogP contribution in [0.1, 0.15) is 5.56 Å². The molecule has 0 fully saturated rings. The van der Waals surface area contributed by atoms with Crippen LogP contribution in [-0.4, -0.2) is 17.4 Å². The van der Waals surface area contributed by atoms with Gasteiger partial charge in [-0.1, -0.05) is 0 Å². The number of hydrogen-bond donors (Lipinski definition) is 2. The van der Waals surface area contributed by atoms with Gasteiger partial charge in [0.15, 0.2) is 17.4 Å². The fraction of sp³-hybridized carbons (Fsp3) is 0.143. The molecule has 0 spiro atoms. The molecule has 0 radical (unpaired) electrons. The molecule has 18 heavy (non-hydrogen) atoms. The first-order valence-electron chi connectivity index (χ1n) is 4.03. The molecule has 0 unspecified atom stereocenters. The molecule has 0 atom stereocenters. The van der Waals surface area contributed by atoms with Gasteiger partial charge in [0.1, 0.15) is 5.56 Å². The Morgan fingerprint density at radius 2 is 1.28 bits per heavy atom. The van der Waals surface area contributed by atoms with Crippen molar-refractivity contribution >= 4 is 7.32 Å². The van der Waals surface area contributed by atoms with Gasteiger partial charge in [0.05, 0.1) is 0 Å². The van der Waals surface area contributed by atoms with E-state index >= 15 is 0 Å². The second-order valence-electron chi connectivity index (χ2n) is 2.90. The van der Waals surface area contributed by atoms with Gasteiger partial charge >= 0.3 is 13.5 Å². The molecule has 0 heterocycles. The van der Waals surface area contributed by atoms with Crippen molar-refractivity contribution in [1.29, 1.82) is 0 Å². The molecule has 1 aromatic rings. The largest absolute Gasteiger partial charge is 0.707 e. The first-order valence-corrected chi connectivity index (χ1v) is 4.03. The minimum absolute atomic E-state index is 2.19. The Balaban J connectivity index is 3.65. The van der Waals surface area contributed by atoms with Gasteiger partial charge in [-0.15, -0.1) is 0 Å². The Bertz CT molecular complexity index is 473. The maximum Gasteiger partial charge on any atom is 0.707 e. The number of rotatable bonds is 2. The van der Waals surface area contributed by atoms with Crippen molar-refractivity contribution in [2.75, 3.05) is 0 Å². The summed E-state index contributed by atoms with van der Waals surface area (Å²) in [6, 6.07) is 0. The lowest BCUT2D eigenvalue weighted by Gasteiger charge is -2.16. The molecule has 0 amide bonds. The summed E-state index contributed by atoms with van der Waals surface area (Å²) >= 11 is 0. The molecule has 1 rings (SSSR count). The Morgan fingerprint density at radius 1 is 0.833 bits per heavy atom. The number of benzene rings is 1. The molecule has 2 N–H and O–H groups in total. The average molecular weight is 278 g/mol. The van der Waals surface area contributed by atoms with E-state index in [0.717, 1.165) is 0 Å². The van der Waals surface area contributed by atoms with E-state index in [0.29, 0.717) is 0 Å². The number of halogens is 7. The van der Waals surface area contributed by atoms with Crippen LogP contribution in [-0.2, 0) is 6.18 Å². The highest BCUT2D eigenvalue weighted by molar-refractivity contribution is 6.33. The third-order valence-electron chi connectivity index (χ3n) is 1.73. The highest BCUT2D eigenvalue weighted by Crippen LogP contribution is 2.41. The molecule has 1 aromatic carbocycles. The maximum absolute atomic E-state index is 13.0. The summed E-state index contributed by atoms with van der Waals surface area (Å²) in [5, 5.41) is 16.5. The average Bonchev–Trinajstić information content (AvgIpc) is 2.20. The van der Waals surface area contributed by atoms with Crippen molar-refractivity contribution in [3.63, 3.8) is 0 Å². The van der Waals surface area contributed by atoms with Crippen LogP contribution >= 0.6 is 0 Å². The van der Waals surface area contributed by atoms with Gasteiger partial charge < -0.3 is 14.7 Å². The van der Waals surface area contributed by atoms with Gasteiger partial charge in [0.25, 0.3) is 0 Å². The summed E-state index contributed by atoms with van der Waals surface area (Å²) in [4.78, 5) is 0. The zero-order valence-corrected chi connectivity index (χ0v) is 8.03. The van der Waals surface area contributed by atoms with Crippen LogP contribution in [0.25, 0.3) is 0 Å². The van der Waals surface area contributed by atoms with E-state index in [4.69, 9.17) is 10.0 Å². The van der Waals surface area contributed by atoms with Crippen LogP contribution in [0.3, 0.4) is 0 Å². The summed E-state index contributed by atoms with van der Waals surface area (Å²) in [6.07, 6.45) is -5.64. The summed E-state index contributed by atoms with van der Waals surface area (Å²) in [5.74, 6) is -12.7. The molecule has 0 aliphatic heterocycles. The van der Waals surface area contributed by atoms with Gasteiger partial charge in [-0.2, -0.15) is 17.6 Å². The van der Waals surface area contributed by atoms with Crippen molar-refractivity contribution in [2.24, 2.45) is 0 Å². The standard InChI is InChI=1S/C7H2BF7O3/c9-2-1(7(13,14)15)6(18-8(16)17)5(12)4(11)3(2)10/h16-17H. The summed E-state index contributed by atoms with van der Waals surface area (Å²) in [7, 11) is -2.98. The van der Waals surface area contributed by atoms with Crippen LogP contribution in [0.4, 0.5) is 30.7 Å². The van der Waals surface area contributed by atoms with Crippen molar-refractivity contribution in [1.82, 2.24) is 0 Å². The number of alkyl halides is 3. The predicted molar refractivity (Wildman–Crippen MR) is 42.1 cm³/mol. The van der Waals surface area contributed by atoms with Crippen LogP contribution in [0.15, 0.2) is 0 Å². The Morgan fingerprint density at radius 3 is 1.67 bits per heavy atom. The molecule has 11 heteroatoms. The van der Waals surface area contributed by atoms with E-state index in [2.05, 4.69) is 4.65 Å². The summed E-state index contributed by atoms with van der Waals surface area (Å²) in [6.45, 7) is 0. The molecule has 100 valence electrons. The molecule has 0 saturated carbocycles. The van der Waals surface area contributed by atoms with Gasteiger partial charge in [-0.3, -0.25) is 0 Å². The first-order chi connectivity index (χ1) is 8.07. The molecular weight excluding hydrogens is 276 g/mol. The first kappa shape index (κ1) is 14.6. The Kier molecular flexibility index (Phi) is 3.76. The monoisotopic (exact) mass is 278 g/mol. The van der Waals surface area contributed by atoms with Crippen LogP contribution in [0.5, 0.6) is 5.75 Å². The zero-order chi connectivity index (χ0) is 14.2. The van der Waals surface area contributed by atoms with E-state index in [9.17, 15) is 30.7 Å². The quantitative estimate of drug-likeness (QED) is 0.374. The van der Waals surface area contributed by atoms with Crippen molar-refractivity contribution in [2.45, 2.75) is 6.18 Å². The van der Waals surface area contributed by atoms with Gasteiger partial charge in [0, 0.05) is 0 Å². The van der Waals surface area contributed by atoms with E-state index in [1.807, 2.05) is 0 Å². The lowest BCUT2D eigenvalue weighted by Crippen LogP contribution is -2.25. The van der Waals surface area contributed by atoms with Gasteiger partial charge in [-0.05, 0) is 0 Å². The molecule has 0 aliphatic rings. The van der Waals surface area contributed by atoms with E-state index in [1.165, 1.54) is 0 Å². The highest BCUT2D eigenvalue weighted by atomic mass is 19.4.